The van der Waals surface area contributed by atoms with Crippen molar-refractivity contribution in [3.8, 4) is 0 Å². The number of carbonyl (C=O) groups is 1. The van der Waals surface area contributed by atoms with Gasteiger partial charge in [-0.2, -0.15) is 10.2 Å². The van der Waals surface area contributed by atoms with Crippen molar-refractivity contribution >= 4 is 11.7 Å². The third kappa shape index (κ3) is 4.74. The molecule has 0 aromatic carbocycles. The van der Waals surface area contributed by atoms with Gasteiger partial charge in [0.2, 0.25) is 5.91 Å². The molecule has 6 nitrogen and oxygen atoms in total. The average molecular weight is 357 g/mol. The predicted octanol–water partition coefficient (Wildman–Crippen LogP) is 2.32. The van der Waals surface area contributed by atoms with Crippen LogP contribution in [0.5, 0.6) is 0 Å². The number of pyridine rings is 1. The lowest BCUT2D eigenvalue weighted by atomic mass is 10.00. The van der Waals surface area contributed by atoms with Gasteiger partial charge in [0.15, 0.2) is 0 Å². The Morgan fingerprint density at radius 2 is 2.23 bits per heavy atom. The van der Waals surface area contributed by atoms with Gasteiger partial charge in [-0.05, 0) is 49.9 Å². The molecule has 0 bridgehead atoms. The Morgan fingerprint density at radius 3 is 2.96 bits per heavy atom. The zero-order valence-electron chi connectivity index (χ0n) is 15.0. The van der Waals surface area contributed by atoms with Crippen LogP contribution < -0.4 is 4.90 Å². The van der Waals surface area contributed by atoms with Gasteiger partial charge in [-0.3, -0.25) is 4.79 Å². The second kappa shape index (κ2) is 8.69. The van der Waals surface area contributed by atoms with Gasteiger partial charge in [-0.15, -0.1) is 0 Å². The standard InChI is InChI=1S/C19H24FN5O/c1-24(18-8-7-16(20)14-21-18)12-13-25-11-9-15(19(25)26)4-2-5-17-6-3-10-22-23-17/h3,6-8,10,14-15H,2,4-5,9,11-13H2,1H3/t15-/m0/s1. The molecule has 1 atom stereocenters. The van der Waals surface area contributed by atoms with E-state index in [0.29, 0.717) is 18.9 Å². The van der Waals surface area contributed by atoms with Gasteiger partial charge in [0.1, 0.15) is 11.6 Å². The number of amides is 1. The van der Waals surface area contributed by atoms with Crippen molar-refractivity contribution in [3.05, 3.63) is 48.2 Å². The molecule has 1 aliphatic heterocycles. The minimum atomic E-state index is -0.346. The summed E-state index contributed by atoms with van der Waals surface area (Å²) in [5.74, 6) is 0.713. The summed E-state index contributed by atoms with van der Waals surface area (Å²) in [6.07, 6.45) is 6.48. The number of anilines is 1. The highest BCUT2D eigenvalue weighted by molar-refractivity contribution is 5.80. The van der Waals surface area contributed by atoms with Gasteiger partial charge in [0, 0.05) is 38.8 Å². The Morgan fingerprint density at radius 1 is 1.35 bits per heavy atom. The molecule has 2 aromatic heterocycles. The highest BCUT2D eigenvalue weighted by Gasteiger charge is 2.30. The molecule has 0 unspecified atom stereocenters. The first-order valence-electron chi connectivity index (χ1n) is 9.01. The predicted molar refractivity (Wildman–Crippen MR) is 97.1 cm³/mol. The van der Waals surface area contributed by atoms with Crippen molar-refractivity contribution in [1.82, 2.24) is 20.1 Å². The van der Waals surface area contributed by atoms with Gasteiger partial charge in [0.25, 0.3) is 0 Å². The molecule has 1 fully saturated rings. The van der Waals surface area contributed by atoms with Crippen molar-refractivity contribution in [2.75, 3.05) is 31.6 Å². The van der Waals surface area contributed by atoms with E-state index < -0.39 is 0 Å². The van der Waals surface area contributed by atoms with Crippen molar-refractivity contribution in [3.63, 3.8) is 0 Å². The molecule has 0 aliphatic carbocycles. The summed E-state index contributed by atoms with van der Waals surface area (Å²) in [4.78, 5) is 20.5. The van der Waals surface area contributed by atoms with Crippen LogP contribution in [0, 0.1) is 11.7 Å². The number of halogens is 1. The van der Waals surface area contributed by atoms with Gasteiger partial charge in [-0.1, -0.05) is 0 Å². The highest BCUT2D eigenvalue weighted by Crippen LogP contribution is 2.23. The van der Waals surface area contributed by atoms with E-state index in [9.17, 15) is 9.18 Å². The molecule has 0 N–H and O–H groups in total. The Bertz CT molecular complexity index is 710. The molecular weight excluding hydrogens is 333 g/mol. The largest absolute Gasteiger partial charge is 0.358 e. The Kier molecular flexibility index (Phi) is 6.09. The fourth-order valence-electron chi connectivity index (χ4n) is 3.27. The van der Waals surface area contributed by atoms with Gasteiger partial charge in [-0.25, -0.2) is 9.37 Å². The maximum absolute atomic E-state index is 12.9. The molecule has 1 amide bonds. The minimum Gasteiger partial charge on any atom is -0.358 e. The number of rotatable bonds is 8. The molecule has 1 aliphatic rings. The first kappa shape index (κ1) is 18.2. The second-order valence-electron chi connectivity index (χ2n) is 6.67. The van der Waals surface area contributed by atoms with E-state index >= 15 is 0 Å². The summed E-state index contributed by atoms with van der Waals surface area (Å²) in [6, 6.07) is 6.90. The van der Waals surface area contributed by atoms with Gasteiger partial charge < -0.3 is 9.80 Å². The van der Waals surface area contributed by atoms with Crippen LogP contribution in [-0.4, -0.2) is 52.7 Å². The molecule has 3 heterocycles. The van der Waals surface area contributed by atoms with E-state index in [1.807, 2.05) is 29.0 Å². The van der Waals surface area contributed by atoms with E-state index in [1.165, 1.54) is 12.3 Å². The quantitative estimate of drug-likeness (QED) is 0.726. The highest BCUT2D eigenvalue weighted by atomic mass is 19.1. The molecule has 2 aromatic rings. The van der Waals surface area contributed by atoms with E-state index in [-0.39, 0.29) is 17.6 Å². The first-order valence-corrected chi connectivity index (χ1v) is 9.01. The summed E-state index contributed by atoms with van der Waals surface area (Å²) in [6.45, 7) is 2.14. The second-order valence-corrected chi connectivity index (χ2v) is 6.67. The fourth-order valence-corrected chi connectivity index (χ4v) is 3.27. The van der Waals surface area contributed by atoms with E-state index in [0.717, 1.165) is 37.9 Å². The van der Waals surface area contributed by atoms with Crippen LogP contribution in [0.2, 0.25) is 0 Å². The number of aryl methyl sites for hydroxylation is 1. The summed E-state index contributed by atoms with van der Waals surface area (Å²) in [7, 11) is 1.90. The van der Waals surface area contributed by atoms with Crippen molar-refractivity contribution < 1.29 is 9.18 Å². The van der Waals surface area contributed by atoms with Crippen LogP contribution in [0.25, 0.3) is 0 Å². The van der Waals surface area contributed by atoms with Gasteiger partial charge in [0.05, 0.1) is 11.9 Å². The Labute approximate surface area is 153 Å². The third-order valence-corrected chi connectivity index (χ3v) is 4.83. The average Bonchev–Trinajstić information content (AvgIpc) is 3.01. The van der Waals surface area contributed by atoms with Crippen molar-refractivity contribution in [2.45, 2.75) is 25.7 Å². The molecule has 1 saturated heterocycles. The summed E-state index contributed by atoms with van der Waals surface area (Å²) < 4.78 is 12.9. The number of likely N-dealkylation sites (tertiary alicyclic amines) is 1. The molecule has 7 heteroatoms. The minimum absolute atomic E-state index is 0.112. The Balaban J connectivity index is 1.41. The Hall–Kier alpha value is -2.57. The van der Waals surface area contributed by atoms with Gasteiger partial charge >= 0.3 is 0 Å². The van der Waals surface area contributed by atoms with Crippen LogP contribution in [0.4, 0.5) is 10.2 Å². The van der Waals surface area contributed by atoms with Crippen LogP contribution in [0.3, 0.4) is 0 Å². The molecule has 138 valence electrons. The molecule has 3 rings (SSSR count). The zero-order valence-corrected chi connectivity index (χ0v) is 15.0. The topological polar surface area (TPSA) is 62.2 Å². The van der Waals surface area contributed by atoms with E-state index in [2.05, 4.69) is 15.2 Å². The number of nitrogens with zero attached hydrogens (tertiary/aromatic N) is 5. The summed E-state index contributed by atoms with van der Waals surface area (Å²) >= 11 is 0. The summed E-state index contributed by atoms with van der Waals surface area (Å²) in [5, 5.41) is 7.96. The van der Waals surface area contributed by atoms with Crippen LogP contribution in [-0.2, 0) is 11.2 Å². The van der Waals surface area contributed by atoms with Crippen LogP contribution in [0.15, 0.2) is 36.7 Å². The van der Waals surface area contributed by atoms with Crippen LogP contribution >= 0.6 is 0 Å². The number of carbonyl (C=O) groups excluding carboxylic acids is 1. The van der Waals surface area contributed by atoms with E-state index in [4.69, 9.17) is 0 Å². The number of hydrogen-bond donors (Lipinski definition) is 0. The van der Waals surface area contributed by atoms with Crippen LogP contribution in [0.1, 0.15) is 25.0 Å². The summed E-state index contributed by atoms with van der Waals surface area (Å²) in [5.41, 5.74) is 0.975. The maximum Gasteiger partial charge on any atom is 0.225 e. The first-order chi connectivity index (χ1) is 12.6. The maximum atomic E-state index is 12.9. The van der Waals surface area contributed by atoms with Crippen molar-refractivity contribution in [1.29, 1.82) is 0 Å². The van der Waals surface area contributed by atoms with Crippen molar-refractivity contribution in [2.24, 2.45) is 5.92 Å². The molecule has 0 radical (unpaired) electrons. The smallest absolute Gasteiger partial charge is 0.225 e. The molecule has 0 spiro atoms. The van der Waals surface area contributed by atoms with E-state index in [1.54, 1.807) is 12.3 Å². The number of aromatic nitrogens is 3. The lowest BCUT2D eigenvalue weighted by Gasteiger charge is -2.23. The molecular formula is C19H24FN5O. The monoisotopic (exact) mass is 357 g/mol. The molecule has 0 saturated carbocycles. The normalized spacial score (nSPS) is 16.9. The number of hydrogen-bond acceptors (Lipinski definition) is 5. The lowest BCUT2D eigenvalue weighted by molar-refractivity contribution is -0.131. The molecule has 26 heavy (non-hydrogen) atoms. The number of likely N-dealkylation sites (N-methyl/N-ethyl adjacent to an activating group) is 1. The fraction of sp³-hybridized carbons (Fsp3) is 0.474. The third-order valence-electron chi connectivity index (χ3n) is 4.83. The SMILES string of the molecule is CN(CCN1CC[C@H](CCCc2cccnn2)C1=O)c1ccc(F)cn1. The lowest BCUT2D eigenvalue weighted by Crippen LogP contribution is -2.35. The zero-order chi connectivity index (χ0) is 18.4.